The van der Waals surface area contributed by atoms with Gasteiger partial charge in [0.25, 0.3) is 0 Å². The molecule has 0 spiro atoms. The summed E-state index contributed by atoms with van der Waals surface area (Å²) in [6.45, 7) is 2.27. The Labute approximate surface area is 147 Å². The van der Waals surface area contributed by atoms with Gasteiger partial charge in [0.1, 0.15) is 11.6 Å². The third-order valence-corrected chi connectivity index (χ3v) is 2.94. The summed E-state index contributed by atoms with van der Waals surface area (Å²) in [6, 6.07) is 0.796. The Hall–Kier alpha value is -0.970. The number of ether oxygens (including phenoxy) is 1. The maximum absolute atomic E-state index is 12.4. The number of hydrogen-bond acceptors (Lipinski definition) is 5. The van der Waals surface area contributed by atoms with Gasteiger partial charge in [0, 0.05) is 19.3 Å². The summed E-state index contributed by atoms with van der Waals surface area (Å²) in [7, 11) is 0. The summed E-state index contributed by atoms with van der Waals surface area (Å²) >= 11 is 5.72. The molecule has 0 saturated carbocycles. The van der Waals surface area contributed by atoms with E-state index >= 15 is 0 Å². The van der Waals surface area contributed by atoms with Crippen molar-refractivity contribution in [1.29, 1.82) is 0 Å². The second kappa shape index (κ2) is 8.61. The first-order valence-electron chi connectivity index (χ1n) is 6.34. The fraction of sp³-hybridized carbons (Fsp3) is 0.500. The highest BCUT2D eigenvalue weighted by Gasteiger charge is 2.31. The van der Waals surface area contributed by atoms with Crippen molar-refractivity contribution in [3.05, 3.63) is 22.8 Å². The van der Waals surface area contributed by atoms with E-state index in [0.29, 0.717) is 18.7 Å². The van der Waals surface area contributed by atoms with Crippen LogP contribution in [0.15, 0.2) is 17.3 Å². The summed E-state index contributed by atoms with van der Waals surface area (Å²) in [5, 5.41) is 5.91. The third-order valence-electron chi connectivity index (χ3n) is 2.67. The molecule has 10 heteroatoms. The molecule has 0 unspecified atom stereocenters. The van der Waals surface area contributed by atoms with Gasteiger partial charge in [-0.1, -0.05) is 11.6 Å². The van der Waals surface area contributed by atoms with Crippen LogP contribution in [-0.2, 0) is 6.18 Å². The third kappa shape index (κ3) is 5.67. The lowest BCUT2D eigenvalue weighted by Gasteiger charge is -2.16. The first-order valence-corrected chi connectivity index (χ1v) is 6.72. The first kappa shape index (κ1) is 19.1. The maximum Gasteiger partial charge on any atom is 0.417 e. The number of nitrogens with zero attached hydrogens (tertiary/aromatic N) is 2. The van der Waals surface area contributed by atoms with Crippen LogP contribution >= 0.6 is 35.6 Å². The summed E-state index contributed by atoms with van der Waals surface area (Å²) < 4.78 is 42.6. The first-order chi connectivity index (χ1) is 9.97. The number of rotatable bonds is 4. The van der Waals surface area contributed by atoms with Gasteiger partial charge in [-0.05, 0) is 12.5 Å². The molecule has 0 amide bonds. The van der Waals surface area contributed by atoms with E-state index in [-0.39, 0.29) is 41.5 Å². The molecule has 2 N–H and O–H groups in total. The number of nitrogens with one attached hydrogen (secondary N) is 2. The molecule has 0 saturated heterocycles. The monoisotopic (exact) mass is 450 g/mol. The molecule has 5 nitrogen and oxygen atoms in total. The van der Waals surface area contributed by atoms with Gasteiger partial charge < -0.3 is 15.4 Å². The van der Waals surface area contributed by atoms with Crippen molar-refractivity contribution in [3.8, 4) is 5.88 Å². The molecule has 0 radical (unpaired) electrons. The Morgan fingerprint density at radius 2 is 2.18 bits per heavy atom. The lowest BCUT2D eigenvalue weighted by atomic mass is 10.3. The Bertz CT molecular complexity index is 528. The fourth-order valence-electron chi connectivity index (χ4n) is 1.65. The molecule has 0 atom stereocenters. The minimum Gasteiger partial charge on any atom is -0.475 e. The molecule has 2 rings (SSSR count). The SMILES string of the molecule is FC(F)(F)c1cnc(OCCNC2=NCCCN2)c(Cl)c1.I. The van der Waals surface area contributed by atoms with Crippen LogP contribution in [0, 0.1) is 0 Å². The normalized spacial score (nSPS) is 14.5. The minimum atomic E-state index is -4.47. The molecule has 1 aromatic rings. The Kier molecular flexibility index (Phi) is 7.46. The van der Waals surface area contributed by atoms with E-state index in [1.807, 2.05) is 0 Å². The van der Waals surface area contributed by atoms with Gasteiger partial charge in [-0.15, -0.1) is 24.0 Å². The minimum absolute atomic E-state index is 0. The molecular formula is C12H15ClF3IN4O. The van der Waals surface area contributed by atoms with Crippen molar-refractivity contribution >= 4 is 41.5 Å². The zero-order valence-corrected chi connectivity index (χ0v) is 14.5. The topological polar surface area (TPSA) is 58.5 Å². The van der Waals surface area contributed by atoms with E-state index in [1.165, 1.54) is 0 Å². The van der Waals surface area contributed by atoms with Gasteiger partial charge in [-0.25, -0.2) is 4.98 Å². The number of guanidine groups is 1. The van der Waals surface area contributed by atoms with Crippen molar-refractivity contribution in [2.45, 2.75) is 12.6 Å². The maximum atomic E-state index is 12.4. The molecule has 1 aliphatic heterocycles. The van der Waals surface area contributed by atoms with Crippen molar-refractivity contribution in [3.63, 3.8) is 0 Å². The van der Waals surface area contributed by atoms with Crippen LogP contribution in [-0.4, -0.2) is 37.2 Å². The van der Waals surface area contributed by atoms with E-state index in [4.69, 9.17) is 16.3 Å². The average Bonchev–Trinajstić information content (AvgIpc) is 2.45. The smallest absolute Gasteiger partial charge is 0.417 e. The number of aromatic nitrogens is 1. The number of hydrogen-bond donors (Lipinski definition) is 2. The largest absolute Gasteiger partial charge is 0.475 e. The van der Waals surface area contributed by atoms with Gasteiger partial charge in [-0.2, -0.15) is 13.2 Å². The Balaban J connectivity index is 0.00000242. The van der Waals surface area contributed by atoms with Crippen molar-refractivity contribution < 1.29 is 17.9 Å². The fourth-order valence-corrected chi connectivity index (χ4v) is 1.88. The number of pyridine rings is 1. The summed E-state index contributed by atoms with van der Waals surface area (Å²) in [5.74, 6) is 0.668. The van der Waals surface area contributed by atoms with Crippen LogP contribution < -0.4 is 15.4 Å². The molecule has 1 aromatic heterocycles. The second-order valence-corrected chi connectivity index (χ2v) is 4.70. The van der Waals surface area contributed by atoms with E-state index in [2.05, 4.69) is 20.6 Å². The van der Waals surface area contributed by atoms with Gasteiger partial charge in [0.2, 0.25) is 5.88 Å². The van der Waals surface area contributed by atoms with Crippen LogP contribution in [0.25, 0.3) is 0 Å². The van der Waals surface area contributed by atoms with E-state index in [9.17, 15) is 13.2 Å². The van der Waals surface area contributed by atoms with Crippen LogP contribution in [0.2, 0.25) is 5.02 Å². The zero-order chi connectivity index (χ0) is 15.3. The summed E-state index contributed by atoms with van der Waals surface area (Å²) in [6.07, 6.45) is -2.78. The van der Waals surface area contributed by atoms with Gasteiger partial charge >= 0.3 is 6.18 Å². The molecule has 1 aliphatic rings. The molecule has 2 heterocycles. The number of alkyl halides is 3. The quantitative estimate of drug-likeness (QED) is 0.547. The van der Waals surface area contributed by atoms with Crippen LogP contribution in [0.1, 0.15) is 12.0 Å². The van der Waals surface area contributed by atoms with Crippen LogP contribution in [0.3, 0.4) is 0 Å². The van der Waals surface area contributed by atoms with Crippen LogP contribution in [0.5, 0.6) is 5.88 Å². The Morgan fingerprint density at radius 1 is 1.41 bits per heavy atom. The lowest BCUT2D eigenvalue weighted by Crippen LogP contribution is -2.42. The zero-order valence-electron chi connectivity index (χ0n) is 11.4. The predicted octanol–water partition coefficient (Wildman–Crippen LogP) is 2.69. The van der Waals surface area contributed by atoms with Gasteiger partial charge in [0.15, 0.2) is 5.96 Å². The van der Waals surface area contributed by atoms with E-state index < -0.39 is 11.7 Å². The average molecular weight is 451 g/mol. The van der Waals surface area contributed by atoms with Crippen molar-refractivity contribution in [2.75, 3.05) is 26.2 Å². The second-order valence-electron chi connectivity index (χ2n) is 4.29. The Morgan fingerprint density at radius 3 is 2.77 bits per heavy atom. The molecule has 124 valence electrons. The lowest BCUT2D eigenvalue weighted by molar-refractivity contribution is -0.137. The molecule has 0 fully saturated rings. The summed E-state index contributed by atoms with van der Waals surface area (Å²) in [4.78, 5) is 7.78. The van der Waals surface area contributed by atoms with Crippen molar-refractivity contribution in [2.24, 2.45) is 4.99 Å². The highest BCUT2D eigenvalue weighted by molar-refractivity contribution is 14.0. The van der Waals surface area contributed by atoms with Gasteiger partial charge in [0.05, 0.1) is 12.1 Å². The summed E-state index contributed by atoms with van der Waals surface area (Å²) in [5.41, 5.74) is -0.904. The molecule has 0 aliphatic carbocycles. The number of aliphatic imine (C=N–C) groups is 1. The molecule has 22 heavy (non-hydrogen) atoms. The molecular weight excluding hydrogens is 436 g/mol. The molecule has 0 bridgehead atoms. The standard InChI is InChI=1S/C12H14ClF3N4O.HI/c13-9-6-8(12(14,15)16)7-20-10(9)21-5-4-19-11-17-2-1-3-18-11;/h6-7H,1-5H2,(H2,17,18,19);1H. The number of halogens is 5. The highest BCUT2D eigenvalue weighted by atomic mass is 127. The van der Waals surface area contributed by atoms with Crippen LogP contribution in [0.4, 0.5) is 13.2 Å². The van der Waals surface area contributed by atoms with Crippen molar-refractivity contribution in [1.82, 2.24) is 15.6 Å². The van der Waals surface area contributed by atoms with E-state index in [0.717, 1.165) is 25.6 Å². The molecule has 0 aromatic carbocycles. The predicted molar refractivity (Wildman–Crippen MR) is 88.1 cm³/mol. The van der Waals surface area contributed by atoms with E-state index in [1.54, 1.807) is 0 Å². The highest BCUT2D eigenvalue weighted by Crippen LogP contribution is 2.32. The van der Waals surface area contributed by atoms with Gasteiger partial charge in [-0.3, -0.25) is 4.99 Å².